The van der Waals surface area contributed by atoms with Crippen LogP contribution in [0.5, 0.6) is 6.01 Å². The van der Waals surface area contributed by atoms with Crippen molar-refractivity contribution in [2.24, 2.45) is 0 Å². The van der Waals surface area contributed by atoms with Gasteiger partial charge < -0.3 is 15.4 Å². The summed E-state index contributed by atoms with van der Waals surface area (Å²) < 4.78 is 19.0. The van der Waals surface area contributed by atoms with E-state index in [1.54, 1.807) is 26.1 Å². The number of nitrogens with zero attached hydrogens (tertiary/aromatic N) is 3. The maximum atomic E-state index is 13.5. The lowest BCUT2D eigenvalue weighted by Crippen LogP contribution is -2.12. The van der Waals surface area contributed by atoms with Crippen LogP contribution < -0.4 is 15.4 Å². The number of aryl methyl sites for hydroxylation is 1. The predicted octanol–water partition coefficient (Wildman–Crippen LogP) is 2.89. The summed E-state index contributed by atoms with van der Waals surface area (Å²) in [6.07, 6.45) is -0.0539. The third kappa shape index (κ3) is 4.01. The minimum absolute atomic E-state index is 0.0539. The van der Waals surface area contributed by atoms with Crippen molar-refractivity contribution in [2.45, 2.75) is 26.9 Å². The summed E-state index contributed by atoms with van der Waals surface area (Å²) >= 11 is 0. The van der Waals surface area contributed by atoms with Gasteiger partial charge in [-0.05, 0) is 38.5 Å². The quantitative estimate of drug-likeness (QED) is 0.882. The number of anilines is 3. The molecule has 1 aromatic carbocycles. The second-order valence-corrected chi connectivity index (χ2v) is 4.77. The van der Waals surface area contributed by atoms with Crippen molar-refractivity contribution in [3.8, 4) is 6.01 Å². The van der Waals surface area contributed by atoms with Crippen LogP contribution >= 0.6 is 0 Å². The second kappa shape index (κ2) is 6.34. The Labute approximate surface area is 122 Å². The normalized spacial score (nSPS) is 10.6. The Morgan fingerprint density at radius 3 is 2.48 bits per heavy atom. The summed E-state index contributed by atoms with van der Waals surface area (Å²) in [6, 6.07) is 5.04. The molecule has 0 saturated carbocycles. The van der Waals surface area contributed by atoms with Gasteiger partial charge in [0.2, 0.25) is 11.9 Å². The highest BCUT2D eigenvalue weighted by Gasteiger charge is 2.09. The SMILES string of the molecule is CNc1nc(Nc2ccc(C)c(F)c2)nc(OC(C)C)n1. The van der Waals surface area contributed by atoms with Crippen molar-refractivity contribution in [1.29, 1.82) is 0 Å². The summed E-state index contributed by atoms with van der Waals surface area (Å²) in [5.41, 5.74) is 1.14. The summed E-state index contributed by atoms with van der Waals surface area (Å²) in [5.74, 6) is 0.366. The van der Waals surface area contributed by atoms with Gasteiger partial charge in [-0.2, -0.15) is 15.0 Å². The molecule has 21 heavy (non-hydrogen) atoms. The zero-order valence-electron chi connectivity index (χ0n) is 12.4. The van der Waals surface area contributed by atoms with Gasteiger partial charge >= 0.3 is 6.01 Å². The van der Waals surface area contributed by atoms with Crippen LogP contribution in [0.25, 0.3) is 0 Å². The van der Waals surface area contributed by atoms with Gasteiger partial charge in [0.05, 0.1) is 6.10 Å². The molecule has 0 saturated heterocycles. The Morgan fingerprint density at radius 2 is 1.86 bits per heavy atom. The molecule has 2 rings (SSSR count). The molecule has 2 aromatic rings. The highest BCUT2D eigenvalue weighted by molar-refractivity contribution is 5.55. The van der Waals surface area contributed by atoms with Crippen LogP contribution in [0.3, 0.4) is 0 Å². The Hall–Kier alpha value is -2.44. The molecule has 0 amide bonds. The van der Waals surface area contributed by atoms with E-state index in [1.807, 2.05) is 13.8 Å². The summed E-state index contributed by atoms with van der Waals surface area (Å²) in [6.45, 7) is 5.46. The van der Waals surface area contributed by atoms with Gasteiger partial charge in [-0.3, -0.25) is 0 Å². The fourth-order valence-electron chi connectivity index (χ4n) is 1.59. The van der Waals surface area contributed by atoms with Crippen LogP contribution in [0, 0.1) is 12.7 Å². The lowest BCUT2D eigenvalue weighted by atomic mass is 10.2. The van der Waals surface area contributed by atoms with Gasteiger partial charge in [0.1, 0.15) is 5.82 Å². The molecule has 0 atom stereocenters. The maximum Gasteiger partial charge on any atom is 0.323 e. The average molecular weight is 291 g/mol. The molecule has 112 valence electrons. The largest absolute Gasteiger partial charge is 0.461 e. The van der Waals surface area contributed by atoms with Crippen LogP contribution in [0.4, 0.5) is 22.0 Å². The Balaban J connectivity index is 2.27. The standard InChI is InChI=1S/C14H18FN5O/c1-8(2)21-14-19-12(16-4)18-13(20-14)17-10-6-5-9(3)11(15)7-10/h5-8H,1-4H3,(H2,16,17,18,19,20). The van der Waals surface area contributed by atoms with Crippen LogP contribution in [0.2, 0.25) is 0 Å². The van der Waals surface area contributed by atoms with Gasteiger partial charge in [0, 0.05) is 12.7 Å². The number of aromatic nitrogens is 3. The maximum absolute atomic E-state index is 13.5. The molecule has 0 radical (unpaired) electrons. The molecule has 1 heterocycles. The zero-order chi connectivity index (χ0) is 15.4. The first-order chi connectivity index (χ1) is 9.97. The monoisotopic (exact) mass is 291 g/mol. The molecule has 0 unspecified atom stereocenters. The number of ether oxygens (including phenoxy) is 1. The topological polar surface area (TPSA) is 72.0 Å². The van der Waals surface area contributed by atoms with E-state index in [1.165, 1.54) is 6.07 Å². The molecule has 0 bridgehead atoms. The van der Waals surface area contributed by atoms with Crippen molar-refractivity contribution in [3.05, 3.63) is 29.6 Å². The fraction of sp³-hybridized carbons (Fsp3) is 0.357. The van der Waals surface area contributed by atoms with E-state index in [0.29, 0.717) is 17.2 Å². The van der Waals surface area contributed by atoms with E-state index in [0.717, 1.165) is 0 Å². The summed E-state index contributed by atoms with van der Waals surface area (Å²) in [4.78, 5) is 12.4. The molecule has 0 aliphatic heterocycles. The molecule has 0 aliphatic rings. The van der Waals surface area contributed by atoms with Crippen LogP contribution in [-0.2, 0) is 0 Å². The summed E-state index contributed by atoms with van der Waals surface area (Å²) in [7, 11) is 1.70. The number of hydrogen-bond acceptors (Lipinski definition) is 6. The molecule has 6 nitrogen and oxygen atoms in total. The third-order valence-corrected chi connectivity index (χ3v) is 2.61. The lowest BCUT2D eigenvalue weighted by Gasteiger charge is -2.11. The second-order valence-electron chi connectivity index (χ2n) is 4.77. The van der Waals surface area contributed by atoms with Gasteiger partial charge in [-0.25, -0.2) is 4.39 Å². The van der Waals surface area contributed by atoms with Crippen LogP contribution in [0.1, 0.15) is 19.4 Å². The van der Waals surface area contributed by atoms with Crippen molar-refractivity contribution in [1.82, 2.24) is 15.0 Å². The first-order valence-corrected chi connectivity index (χ1v) is 6.61. The van der Waals surface area contributed by atoms with Crippen molar-refractivity contribution in [3.63, 3.8) is 0 Å². The van der Waals surface area contributed by atoms with Gasteiger partial charge in [-0.15, -0.1) is 0 Å². The van der Waals surface area contributed by atoms with E-state index < -0.39 is 0 Å². The number of hydrogen-bond donors (Lipinski definition) is 2. The number of halogens is 1. The van der Waals surface area contributed by atoms with Crippen LogP contribution in [0.15, 0.2) is 18.2 Å². The highest BCUT2D eigenvalue weighted by Crippen LogP contribution is 2.19. The molecule has 0 aliphatic carbocycles. The van der Waals surface area contributed by atoms with Crippen molar-refractivity contribution in [2.75, 3.05) is 17.7 Å². The van der Waals surface area contributed by atoms with E-state index in [2.05, 4.69) is 25.6 Å². The highest BCUT2D eigenvalue weighted by atomic mass is 19.1. The summed E-state index contributed by atoms with van der Waals surface area (Å²) in [5, 5.41) is 5.77. The fourth-order valence-corrected chi connectivity index (χ4v) is 1.59. The van der Waals surface area contributed by atoms with E-state index >= 15 is 0 Å². The molecule has 0 spiro atoms. The lowest BCUT2D eigenvalue weighted by molar-refractivity contribution is 0.222. The predicted molar refractivity (Wildman–Crippen MR) is 79.6 cm³/mol. The first kappa shape index (κ1) is 15.0. The Bertz CT molecular complexity index is 633. The van der Waals surface area contributed by atoms with E-state index in [4.69, 9.17) is 4.74 Å². The molecule has 2 N–H and O–H groups in total. The minimum atomic E-state index is -0.290. The molecular formula is C14H18FN5O. The number of nitrogens with one attached hydrogen (secondary N) is 2. The van der Waals surface area contributed by atoms with Crippen molar-refractivity contribution < 1.29 is 9.13 Å². The van der Waals surface area contributed by atoms with Crippen molar-refractivity contribution >= 4 is 17.6 Å². The molecule has 7 heteroatoms. The molecule has 1 aromatic heterocycles. The zero-order valence-corrected chi connectivity index (χ0v) is 12.4. The minimum Gasteiger partial charge on any atom is -0.461 e. The first-order valence-electron chi connectivity index (χ1n) is 6.61. The number of rotatable bonds is 5. The Kier molecular flexibility index (Phi) is 4.52. The number of benzene rings is 1. The third-order valence-electron chi connectivity index (χ3n) is 2.61. The van der Waals surface area contributed by atoms with Crippen LogP contribution in [-0.4, -0.2) is 28.1 Å². The van der Waals surface area contributed by atoms with Gasteiger partial charge in [-0.1, -0.05) is 6.07 Å². The van der Waals surface area contributed by atoms with Gasteiger partial charge in [0.15, 0.2) is 0 Å². The average Bonchev–Trinajstić information content (AvgIpc) is 2.42. The van der Waals surface area contributed by atoms with E-state index in [9.17, 15) is 4.39 Å². The molecular weight excluding hydrogens is 273 g/mol. The molecule has 0 fully saturated rings. The van der Waals surface area contributed by atoms with E-state index in [-0.39, 0.29) is 23.9 Å². The Morgan fingerprint density at radius 1 is 1.14 bits per heavy atom. The smallest absolute Gasteiger partial charge is 0.323 e. The van der Waals surface area contributed by atoms with Gasteiger partial charge in [0.25, 0.3) is 0 Å².